The summed E-state index contributed by atoms with van der Waals surface area (Å²) in [7, 11) is 0. The number of ketones is 1. The Labute approximate surface area is 117 Å². The summed E-state index contributed by atoms with van der Waals surface area (Å²) in [6.45, 7) is 8.03. The fraction of sp³-hybridized carbons (Fsp3) is 0.875. The number of nitrogens with one attached hydrogen (secondary N) is 1. The smallest absolute Gasteiger partial charge is 0.222 e. The minimum Gasteiger partial charge on any atom is -0.353 e. The van der Waals surface area contributed by atoms with Gasteiger partial charge in [0.05, 0.1) is 0 Å². The van der Waals surface area contributed by atoms with Gasteiger partial charge in [0.25, 0.3) is 0 Å². The first-order valence-electron chi connectivity index (χ1n) is 7.70. The highest BCUT2D eigenvalue weighted by molar-refractivity contribution is 5.79. The lowest BCUT2D eigenvalue weighted by molar-refractivity contribution is -0.125. The second-order valence-corrected chi connectivity index (χ2v) is 6.72. The van der Waals surface area contributed by atoms with Gasteiger partial charge in [-0.2, -0.15) is 0 Å². The second-order valence-electron chi connectivity index (χ2n) is 6.72. The second kappa shape index (κ2) is 7.66. The van der Waals surface area contributed by atoms with E-state index in [0.29, 0.717) is 30.1 Å². The molecule has 1 fully saturated rings. The molecule has 0 saturated heterocycles. The minimum atomic E-state index is 0.0605. The van der Waals surface area contributed by atoms with Gasteiger partial charge in [-0.15, -0.1) is 0 Å². The zero-order chi connectivity index (χ0) is 14.4. The predicted molar refractivity (Wildman–Crippen MR) is 77.8 cm³/mol. The van der Waals surface area contributed by atoms with Crippen molar-refractivity contribution >= 4 is 11.7 Å². The Kier molecular flexibility index (Phi) is 6.53. The summed E-state index contributed by atoms with van der Waals surface area (Å²) in [6.07, 6.45) is 5.66. The summed E-state index contributed by atoms with van der Waals surface area (Å²) >= 11 is 0. The van der Waals surface area contributed by atoms with Crippen molar-refractivity contribution in [2.75, 3.05) is 0 Å². The van der Waals surface area contributed by atoms with Gasteiger partial charge < -0.3 is 5.32 Å². The zero-order valence-corrected chi connectivity index (χ0v) is 12.9. The minimum absolute atomic E-state index is 0.0605. The highest BCUT2D eigenvalue weighted by Gasteiger charge is 2.24. The lowest BCUT2D eigenvalue weighted by Gasteiger charge is -2.29. The van der Waals surface area contributed by atoms with Crippen LogP contribution in [0.4, 0.5) is 0 Å². The van der Waals surface area contributed by atoms with Gasteiger partial charge in [0, 0.05) is 24.8 Å². The molecular formula is C16H29NO2. The highest BCUT2D eigenvalue weighted by Crippen LogP contribution is 2.28. The first-order valence-corrected chi connectivity index (χ1v) is 7.70. The standard InChI is InChI=1S/C16H29NO2/c1-11(2)9-15(18)10-13-5-7-14(8-6-13)17-16(19)12(3)4/h11-14H,5-10H2,1-4H3,(H,17,19). The quantitative estimate of drug-likeness (QED) is 0.802. The lowest BCUT2D eigenvalue weighted by atomic mass is 9.82. The van der Waals surface area contributed by atoms with Crippen molar-refractivity contribution in [2.24, 2.45) is 17.8 Å². The third kappa shape index (κ3) is 6.22. The van der Waals surface area contributed by atoms with Crippen LogP contribution in [0.3, 0.4) is 0 Å². The van der Waals surface area contributed by atoms with Gasteiger partial charge in [-0.1, -0.05) is 27.7 Å². The number of hydrogen-bond donors (Lipinski definition) is 1. The van der Waals surface area contributed by atoms with Crippen LogP contribution >= 0.6 is 0 Å². The van der Waals surface area contributed by atoms with E-state index < -0.39 is 0 Å². The predicted octanol–water partition coefficient (Wildman–Crippen LogP) is 3.32. The van der Waals surface area contributed by atoms with Crippen LogP contribution in [0.15, 0.2) is 0 Å². The van der Waals surface area contributed by atoms with E-state index in [1.165, 1.54) is 0 Å². The van der Waals surface area contributed by atoms with Crippen molar-refractivity contribution in [3.63, 3.8) is 0 Å². The van der Waals surface area contributed by atoms with Gasteiger partial charge in [-0.05, 0) is 37.5 Å². The molecule has 1 saturated carbocycles. The van der Waals surface area contributed by atoms with Gasteiger partial charge >= 0.3 is 0 Å². The number of Topliss-reactive ketones (excluding diaryl/α,β-unsaturated/α-hetero) is 1. The first-order chi connectivity index (χ1) is 8.88. The van der Waals surface area contributed by atoms with Crippen LogP contribution in [-0.4, -0.2) is 17.7 Å². The molecule has 0 heterocycles. The Balaban J connectivity index is 2.25. The van der Waals surface area contributed by atoms with Gasteiger partial charge in [0.15, 0.2) is 0 Å². The lowest BCUT2D eigenvalue weighted by Crippen LogP contribution is -2.39. The van der Waals surface area contributed by atoms with Gasteiger partial charge in [0.1, 0.15) is 5.78 Å². The van der Waals surface area contributed by atoms with Crippen LogP contribution in [0.2, 0.25) is 0 Å². The van der Waals surface area contributed by atoms with Gasteiger partial charge in [0.2, 0.25) is 5.91 Å². The SMILES string of the molecule is CC(C)CC(=O)CC1CCC(NC(=O)C(C)C)CC1. The van der Waals surface area contributed by atoms with Gasteiger partial charge in [-0.3, -0.25) is 9.59 Å². The molecule has 110 valence electrons. The van der Waals surface area contributed by atoms with E-state index >= 15 is 0 Å². The summed E-state index contributed by atoms with van der Waals surface area (Å²) in [6, 6.07) is 0.325. The summed E-state index contributed by atoms with van der Waals surface area (Å²) in [5.41, 5.74) is 0. The number of carbonyl (C=O) groups excluding carboxylic acids is 2. The largest absolute Gasteiger partial charge is 0.353 e. The highest BCUT2D eigenvalue weighted by atomic mass is 16.2. The average Bonchev–Trinajstić information content (AvgIpc) is 2.30. The number of hydrogen-bond acceptors (Lipinski definition) is 2. The van der Waals surface area contributed by atoms with Crippen LogP contribution < -0.4 is 5.32 Å². The van der Waals surface area contributed by atoms with Crippen LogP contribution in [0.1, 0.15) is 66.2 Å². The molecule has 0 aromatic carbocycles. The normalized spacial score (nSPS) is 23.7. The molecule has 19 heavy (non-hydrogen) atoms. The third-order valence-corrected chi connectivity index (χ3v) is 3.87. The maximum atomic E-state index is 11.8. The van der Waals surface area contributed by atoms with E-state index in [9.17, 15) is 9.59 Å². The molecule has 3 heteroatoms. The van der Waals surface area contributed by atoms with Crippen LogP contribution in [0.5, 0.6) is 0 Å². The number of carbonyl (C=O) groups is 2. The molecule has 0 aliphatic heterocycles. The molecule has 0 unspecified atom stereocenters. The van der Waals surface area contributed by atoms with E-state index in [4.69, 9.17) is 0 Å². The molecule has 1 aliphatic carbocycles. The number of amides is 1. The molecular weight excluding hydrogens is 238 g/mol. The van der Waals surface area contributed by atoms with E-state index in [2.05, 4.69) is 19.2 Å². The maximum absolute atomic E-state index is 11.8. The van der Waals surface area contributed by atoms with Crippen molar-refractivity contribution in [1.82, 2.24) is 5.32 Å². The summed E-state index contributed by atoms with van der Waals surface area (Å²) in [4.78, 5) is 23.4. The maximum Gasteiger partial charge on any atom is 0.222 e. The average molecular weight is 267 g/mol. The molecule has 1 aliphatic rings. The van der Waals surface area contributed by atoms with E-state index in [0.717, 1.165) is 32.1 Å². The molecule has 0 aromatic heterocycles. The Morgan fingerprint density at radius 3 is 2.11 bits per heavy atom. The summed E-state index contributed by atoms with van der Waals surface area (Å²) in [5, 5.41) is 3.10. The van der Waals surface area contributed by atoms with Crippen molar-refractivity contribution in [3.8, 4) is 0 Å². The van der Waals surface area contributed by atoms with E-state index in [1.54, 1.807) is 0 Å². The van der Waals surface area contributed by atoms with E-state index in [1.807, 2.05) is 13.8 Å². The molecule has 0 bridgehead atoms. The van der Waals surface area contributed by atoms with Crippen molar-refractivity contribution in [2.45, 2.75) is 72.3 Å². The fourth-order valence-electron chi connectivity index (χ4n) is 2.74. The zero-order valence-electron chi connectivity index (χ0n) is 12.9. The van der Waals surface area contributed by atoms with Crippen LogP contribution in [-0.2, 0) is 9.59 Å². The monoisotopic (exact) mass is 267 g/mol. The Morgan fingerprint density at radius 1 is 1.05 bits per heavy atom. The van der Waals surface area contributed by atoms with Crippen molar-refractivity contribution in [1.29, 1.82) is 0 Å². The molecule has 1 rings (SSSR count). The molecule has 0 spiro atoms. The topological polar surface area (TPSA) is 46.2 Å². The van der Waals surface area contributed by atoms with Crippen LogP contribution in [0, 0.1) is 17.8 Å². The molecule has 0 aromatic rings. The summed E-state index contributed by atoms with van der Waals surface area (Å²) in [5.74, 6) is 1.63. The fourth-order valence-corrected chi connectivity index (χ4v) is 2.74. The van der Waals surface area contributed by atoms with Crippen LogP contribution in [0.25, 0.3) is 0 Å². The van der Waals surface area contributed by atoms with Crippen molar-refractivity contribution < 1.29 is 9.59 Å². The Morgan fingerprint density at radius 2 is 1.63 bits per heavy atom. The molecule has 0 radical (unpaired) electrons. The van der Waals surface area contributed by atoms with Gasteiger partial charge in [-0.25, -0.2) is 0 Å². The molecule has 3 nitrogen and oxygen atoms in total. The molecule has 1 amide bonds. The molecule has 1 N–H and O–H groups in total. The molecule has 0 atom stereocenters. The Hall–Kier alpha value is -0.860. The summed E-state index contributed by atoms with van der Waals surface area (Å²) < 4.78 is 0. The first kappa shape index (κ1) is 16.2. The van der Waals surface area contributed by atoms with E-state index in [-0.39, 0.29) is 11.8 Å². The van der Waals surface area contributed by atoms with Crippen molar-refractivity contribution in [3.05, 3.63) is 0 Å². The third-order valence-electron chi connectivity index (χ3n) is 3.87. The Bertz CT molecular complexity index is 302. The number of rotatable bonds is 6.